The molecule has 1 atom stereocenters. The number of methoxy groups -OCH3 is 2. The number of rotatable bonds is 9. The second-order valence-corrected chi connectivity index (χ2v) is 7.47. The molecule has 6 nitrogen and oxygen atoms in total. The molecule has 0 saturated carbocycles. The molecular formula is C24H35IN4O2. The Balaban J connectivity index is 0.00000341. The van der Waals surface area contributed by atoms with Gasteiger partial charge in [0.05, 0.1) is 20.3 Å². The highest BCUT2D eigenvalue weighted by Gasteiger charge is 2.23. The van der Waals surface area contributed by atoms with Crippen molar-refractivity contribution in [1.82, 2.24) is 15.5 Å². The van der Waals surface area contributed by atoms with Gasteiger partial charge in [0.15, 0.2) is 5.96 Å². The lowest BCUT2D eigenvalue weighted by atomic mass is 10.1. The zero-order valence-electron chi connectivity index (χ0n) is 18.8. The number of hydrogen-bond acceptors (Lipinski definition) is 4. The number of nitrogens with zero attached hydrogens (tertiary/aromatic N) is 2. The smallest absolute Gasteiger partial charge is 0.191 e. The van der Waals surface area contributed by atoms with E-state index in [1.165, 1.54) is 24.0 Å². The van der Waals surface area contributed by atoms with E-state index in [-0.39, 0.29) is 24.0 Å². The Morgan fingerprint density at radius 2 is 1.71 bits per heavy atom. The van der Waals surface area contributed by atoms with Crippen molar-refractivity contribution < 1.29 is 9.47 Å². The summed E-state index contributed by atoms with van der Waals surface area (Å²) in [6.45, 7) is 3.87. The lowest BCUT2D eigenvalue weighted by Gasteiger charge is -2.29. The number of nitrogens with one attached hydrogen (secondary N) is 2. The van der Waals surface area contributed by atoms with E-state index in [4.69, 9.17) is 9.47 Å². The lowest BCUT2D eigenvalue weighted by molar-refractivity contribution is 0.245. The first-order valence-electron chi connectivity index (χ1n) is 10.7. The summed E-state index contributed by atoms with van der Waals surface area (Å²) in [7, 11) is 5.23. The monoisotopic (exact) mass is 538 g/mol. The van der Waals surface area contributed by atoms with E-state index in [9.17, 15) is 0 Å². The first kappa shape index (κ1) is 25.3. The van der Waals surface area contributed by atoms with E-state index >= 15 is 0 Å². The van der Waals surface area contributed by atoms with Gasteiger partial charge in [0.25, 0.3) is 0 Å². The van der Waals surface area contributed by atoms with E-state index in [0.717, 1.165) is 50.1 Å². The van der Waals surface area contributed by atoms with Gasteiger partial charge in [-0.25, -0.2) is 0 Å². The fraction of sp³-hybridized carbons (Fsp3) is 0.458. The maximum absolute atomic E-state index is 5.44. The van der Waals surface area contributed by atoms with Gasteiger partial charge < -0.3 is 20.1 Å². The molecule has 2 N–H and O–H groups in total. The molecule has 0 bridgehead atoms. The third kappa shape index (κ3) is 7.28. The zero-order valence-corrected chi connectivity index (χ0v) is 21.1. The minimum Gasteiger partial charge on any atom is -0.497 e. The van der Waals surface area contributed by atoms with E-state index in [0.29, 0.717) is 6.04 Å². The first-order valence-corrected chi connectivity index (χ1v) is 10.7. The number of benzene rings is 2. The average molecular weight is 538 g/mol. The maximum Gasteiger partial charge on any atom is 0.191 e. The normalized spacial score (nSPS) is 15.1. The molecule has 0 aliphatic carbocycles. The highest BCUT2D eigenvalue weighted by molar-refractivity contribution is 14.0. The van der Waals surface area contributed by atoms with Crippen LogP contribution in [0.15, 0.2) is 53.5 Å². The van der Waals surface area contributed by atoms with Crippen molar-refractivity contribution in [2.75, 3.05) is 47.4 Å². The Morgan fingerprint density at radius 1 is 1.00 bits per heavy atom. The molecule has 2 aromatic carbocycles. The van der Waals surface area contributed by atoms with Gasteiger partial charge in [0.2, 0.25) is 0 Å². The first-order chi connectivity index (χ1) is 14.7. The van der Waals surface area contributed by atoms with Crippen LogP contribution in [0.5, 0.6) is 11.5 Å². The largest absolute Gasteiger partial charge is 0.497 e. The van der Waals surface area contributed by atoms with Gasteiger partial charge in [-0.05, 0) is 61.7 Å². The molecule has 0 spiro atoms. The fourth-order valence-electron chi connectivity index (χ4n) is 3.98. The van der Waals surface area contributed by atoms with E-state index in [1.807, 2.05) is 37.4 Å². The summed E-state index contributed by atoms with van der Waals surface area (Å²) in [5.74, 6) is 2.64. The molecule has 0 radical (unpaired) electrons. The second kappa shape index (κ2) is 13.4. The van der Waals surface area contributed by atoms with Crippen molar-refractivity contribution in [2.24, 2.45) is 4.99 Å². The summed E-state index contributed by atoms with van der Waals surface area (Å²) in [4.78, 5) is 6.96. The minimum atomic E-state index is 0. The molecule has 2 aromatic rings. The Labute approximate surface area is 203 Å². The highest BCUT2D eigenvalue weighted by Crippen LogP contribution is 2.26. The van der Waals surface area contributed by atoms with Gasteiger partial charge in [0.1, 0.15) is 11.5 Å². The topological polar surface area (TPSA) is 58.1 Å². The van der Waals surface area contributed by atoms with Crippen LogP contribution < -0.4 is 20.1 Å². The predicted octanol–water partition coefficient (Wildman–Crippen LogP) is 3.87. The van der Waals surface area contributed by atoms with Gasteiger partial charge in [-0.3, -0.25) is 9.89 Å². The van der Waals surface area contributed by atoms with Gasteiger partial charge in [-0.2, -0.15) is 0 Å². The quantitative estimate of drug-likeness (QED) is 0.289. The van der Waals surface area contributed by atoms with E-state index < -0.39 is 0 Å². The summed E-state index contributed by atoms with van der Waals surface area (Å²) in [5.41, 5.74) is 2.49. The van der Waals surface area contributed by atoms with Crippen molar-refractivity contribution >= 4 is 29.9 Å². The number of ether oxygens (including phenoxy) is 2. The number of halogens is 1. The summed E-state index contributed by atoms with van der Waals surface area (Å²) in [5, 5.41) is 6.95. The summed E-state index contributed by atoms with van der Waals surface area (Å²) in [6, 6.07) is 16.9. The van der Waals surface area contributed by atoms with E-state index in [1.54, 1.807) is 14.2 Å². The van der Waals surface area contributed by atoms with Crippen LogP contribution in [0.1, 0.15) is 30.0 Å². The van der Waals surface area contributed by atoms with Gasteiger partial charge >= 0.3 is 0 Å². The van der Waals surface area contributed by atoms with Crippen LogP contribution in [0.3, 0.4) is 0 Å². The zero-order chi connectivity index (χ0) is 21.2. The third-order valence-electron chi connectivity index (χ3n) is 5.65. The molecule has 31 heavy (non-hydrogen) atoms. The van der Waals surface area contributed by atoms with Crippen molar-refractivity contribution in [1.29, 1.82) is 0 Å². The van der Waals surface area contributed by atoms with Gasteiger partial charge in [0, 0.05) is 20.1 Å². The Morgan fingerprint density at radius 3 is 2.35 bits per heavy atom. The number of hydrogen-bond donors (Lipinski definition) is 2. The van der Waals surface area contributed by atoms with Crippen LogP contribution in [-0.4, -0.2) is 58.3 Å². The van der Waals surface area contributed by atoms with Crippen LogP contribution in [-0.2, 0) is 6.42 Å². The molecule has 1 aliphatic rings. The Hall–Kier alpha value is -2.00. The van der Waals surface area contributed by atoms with E-state index in [2.05, 4.69) is 38.7 Å². The summed E-state index contributed by atoms with van der Waals surface area (Å²) < 4.78 is 10.8. The number of aliphatic imine (C=N–C) groups is 1. The number of guanidine groups is 1. The van der Waals surface area contributed by atoms with Gasteiger partial charge in [-0.1, -0.05) is 30.3 Å². The van der Waals surface area contributed by atoms with Crippen LogP contribution >= 0.6 is 24.0 Å². The highest BCUT2D eigenvalue weighted by atomic mass is 127. The van der Waals surface area contributed by atoms with Crippen LogP contribution in [0.4, 0.5) is 0 Å². The molecule has 1 fully saturated rings. The SMILES string of the molecule is CN=C(NCCc1ccccc1OC)NCC(c1ccc(OC)cc1)N1CCCC1.I. The van der Waals surface area contributed by atoms with Crippen molar-refractivity contribution in [3.05, 3.63) is 59.7 Å². The average Bonchev–Trinajstić information content (AvgIpc) is 3.33. The second-order valence-electron chi connectivity index (χ2n) is 7.47. The number of para-hydroxylation sites is 1. The third-order valence-corrected chi connectivity index (χ3v) is 5.65. The Kier molecular flexibility index (Phi) is 10.9. The Bertz CT molecular complexity index is 807. The molecule has 1 aliphatic heterocycles. The van der Waals surface area contributed by atoms with Gasteiger partial charge in [-0.15, -0.1) is 24.0 Å². The molecule has 0 aromatic heterocycles. The molecular weight excluding hydrogens is 503 g/mol. The standard InChI is InChI=1S/C24H34N4O2.HI/c1-25-24(26-15-14-20-8-4-5-9-23(20)30-3)27-18-22(28-16-6-7-17-28)19-10-12-21(29-2)13-11-19;/h4-5,8-13,22H,6-7,14-18H2,1-3H3,(H2,25,26,27);1H. The summed E-state index contributed by atoms with van der Waals surface area (Å²) in [6.07, 6.45) is 3.40. The number of likely N-dealkylation sites (tertiary alicyclic amines) is 1. The van der Waals surface area contributed by atoms with Crippen LogP contribution in [0.2, 0.25) is 0 Å². The molecule has 1 heterocycles. The molecule has 170 valence electrons. The molecule has 7 heteroatoms. The van der Waals surface area contributed by atoms with Crippen LogP contribution in [0, 0.1) is 0 Å². The maximum atomic E-state index is 5.44. The van der Waals surface area contributed by atoms with Crippen molar-refractivity contribution in [2.45, 2.75) is 25.3 Å². The minimum absolute atomic E-state index is 0. The lowest BCUT2D eigenvalue weighted by Crippen LogP contribution is -2.43. The fourth-order valence-corrected chi connectivity index (χ4v) is 3.98. The van der Waals surface area contributed by atoms with Crippen LogP contribution in [0.25, 0.3) is 0 Å². The van der Waals surface area contributed by atoms with Crippen molar-refractivity contribution in [3.63, 3.8) is 0 Å². The predicted molar refractivity (Wildman–Crippen MR) is 138 cm³/mol. The molecule has 1 unspecified atom stereocenters. The molecule has 1 saturated heterocycles. The summed E-state index contributed by atoms with van der Waals surface area (Å²) >= 11 is 0. The molecule has 0 amide bonds. The molecule has 3 rings (SSSR count). The van der Waals surface area contributed by atoms with Crippen molar-refractivity contribution in [3.8, 4) is 11.5 Å².